The van der Waals surface area contributed by atoms with Gasteiger partial charge in [-0.05, 0) is 46.8 Å². The molecule has 0 amide bonds. The zero-order valence-electron chi connectivity index (χ0n) is 15.1. The number of benzene rings is 1. The Labute approximate surface area is 174 Å². The molecule has 0 aliphatic heterocycles. The van der Waals surface area contributed by atoms with E-state index in [1.54, 1.807) is 23.1 Å². The van der Waals surface area contributed by atoms with E-state index in [1.807, 2.05) is 12.1 Å². The number of rotatable bonds is 8. The van der Waals surface area contributed by atoms with Crippen molar-refractivity contribution in [3.63, 3.8) is 0 Å². The maximum Gasteiger partial charge on any atom is 0.206 e. The number of furan rings is 1. The lowest BCUT2D eigenvalue weighted by molar-refractivity contribution is 0.518. The number of nitrogens with one attached hydrogen (secondary N) is 1. The predicted octanol–water partition coefficient (Wildman–Crippen LogP) is 2.41. The standard InChI is InChI=1S/C16H15N7O3S3/c1-29(24,25)13-6-4-11(5-7-13)23-14(18-21-22-23)10-27-16-20-19-15(28-16)17-9-12-3-2-8-26-12/h2-8H,9-10H2,1H3,(H,17,19). The Bertz CT molecular complexity index is 1180. The van der Waals surface area contributed by atoms with Gasteiger partial charge in [-0.1, -0.05) is 23.1 Å². The van der Waals surface area contributed by atoms with Gasteiger partial charge in [0.05, 0.1) is 29.1 Å². The smallest absolute Gasteiger partial charge is 0.206 e. The summed E-state index contributed by atoms with van der Waals surface area (Å²) in [7, 11) is -3.25. The minimum Gasteiger partial charge on any atom is -0.467 e. The molecule has 150 valence electrons. The van der Waals surface area contributed by atoms with E-state index in [9.17, 15) is 8.42 Å². The van der Waals surface area contributed by atoms with E-state index in [2.05, 4.69) is 31.0 Å². The fourth-order valence-electron chi connectivity index (χ4n) is 2.37. The number of anilines is 1. The molecule has 0 unspecified atom stereocenters. The molecule has 29 heavy (non-hydrogen) atoms. The molecule has 1 aromatic carbocycles. The first-order valence-electron chi connectivity index (χ1n) is 8.29. The van der Waals surface area contributed by atoms with Crippen molar-refractivity contribution in [3.05, 3.63) is 54.2 Å². The Morgan fingerprint density at radius 3 is 2.72 bits per heavy atom. The molecule has 13 heteroatoms. The van der Waals surface area contributed by atoms with Crippen molar-refractivity contribution in [3.8, 4) is 5.69 Å². The maximum atomic E-state index is 11.6. The van der Waals surface area contributed by atoms with Crippen molar-refractivity contribution >= 4 is 38.1 Å². The highest BCUT2D eigenvalue weighted by atomic mass is 32.2. The van der Waals surface area contributed by atoms with Crippen LogP contribution in [0.3, 0.4) is 0 Å². The number of thioether (sulfide) groups is 1. The number of nitrogens with zero attached hydrogens (tertiary/aromatic N) is 6. The molecule has 10 nitrogen and oxygen atoms in total. The molecule has 3 aromatic heterocycles. The largest absolute Gasteiger partial charge is 0.467 e. The second-order valence-electron chi connectivity index (χ2n) is 5.87. The zero-order valence-corrected chi connectivity index (χ0v) is 17.5. The molecule has 0 fully saturated rings. The van der Waals surface area contributed by atoms with Crippen LogP contribution in [0, 0.1) is 0 Å². The van der Waals surface area contributed by atoms with Gasteiger partial charge in [0.25, 0.3) is 0 Å². The topological polar surface area (TPSA) is 129 Å². The number of hydrogen-bond donors (Lipinski definition) is 1. The summed E-state index contributed by atoms with van der Waals surface area (Å²) in [5.41, 5.74) is 0.677. The Hall–Kier alpha value is -2.77. The number of tetrazole rings is 1. The van der Waals surface area contributed by atoms with Gasteiger partial charge in [0.15, 0.2) is 20.0 Å². The Morgan fingerprint density at radius 2 is 2.00 bits per heavy atom. The van der Waals surface area contributed by atoms with Crippen molar-refractivity contribution < 1.29 is 12.8 Å². The van der Waals surface area contributed by atoms with Crippen LogP contribution in [0.4, 0.5) is 5.13 Å². The normalized spacial score (nSPS) is 11.6. The average molecular weight is 450 g/mol. The molecule has 0 aliphatic carbocycles. The monoisotopic (exact) mass is 449 g/mol. The lowest BCUT2D eigenvalue weighted by Crippen LogP contribution is -2.03. The molecule has 0 spiro atoms. The first-order chi connectivity index (χ1) is 14.0. The van der Waals surface area contributed by atoms with Crippen molar-refractivity contribution in [2.75, 3.05) is 11.6 Å². The second kappa shape index (κ2) is 8.31. The first-order valence-corrected chi connectivity index (χ1v) is 12.0. The molecule has 0 aliphatic rings. The average Bonchev–Trinajstić information content (AvgIpc) is 3.45. The van der Waals surface area contributed by atoms with E-state index in [0.717, 1.165) is 10.1 Å². The van der Waals surface area contributed by atoms with Crippen molar-refractivity contribution in [2.24, 2.45) is 0 Å². The van der Waals surface area contributed by atoms with Gasteiger partial charge >= 0.3 is 0 Å². The molecule has 0 saturated heterocycles. The quantitative estimate of drug-likeness (QED) is 0.400. The van der Waals surface area contributed by atoms with Crippen LogP contribution < -0.4 is 5.32 Å². The van der Waals surface area contributed by atoms with Crippen molar-refractivity contribution in [1.82, 2.24) is 30.4 Å². The lowest BCUT2D eigenvalue weighted by Gasteiger charge is -2.04. The number of hydrogen-bond acceptors (Lipinski definition) is 11. The van der Waals surface area contributed by atoms with E-state index >= 15 is 0 Å². The summed E-state index contributed by atoms with van der Waals surface area (Å²) < 4.78 is 30.8. The summed E-state index contributed by atoms with van der Waals surface area (Å²) >= 11 is 2.89. The number of sulfone groups is 1. The van der Waals surface area contributed by atoms with Crippen LogP contribution in [0.15, 0.2) is 56.3 Å². The molecular formula is C16H15N7O3S3. The van der Waals surface area contributed by atoms with Gasteiger partial charge in [-0.2, -0.15) is 4.68 Å². The van der Waals surface area contributed by atoms with Crippen LogP contribution in [-0.4, -0.2) is 45.1 Å². The Morgan fingerprint density at radius 1 is 1.17 bits per heavy atom. The van der Waals surface area contributed by atoms with Gasteiger partial charge < -0.3 is 9.73 Å². The van der Waals surface area contributed by atoms with Crippen LogP contribution in [0.5, 0.6) is 0 Å². The molecule has 0 atom stereocenters. The minimum absolute atomic E-state index is 0.244. The highest BCUT2D eigenvalue weighted by Crippen LogP contribution is 2.28. The molecule has 4 rings (SSSR count). The van der Waals surface area contributed by atoms with Gasteiger partial charge in [0, 0.05) is 6.26 Å². The molecular weight excluding hydrogens is 434 g/mol. The summed E-state index contributed by atoms with van der Waals surface area (Å²) in [6.07, 6.45) is 2.79. The van der Waals surface area contributed by atoms with E-state index < -0.39 is 9.84 Å². The van der Waals surface area contributed by atoms with Gasteiger partial charge in [0.1, 0.15) is 5.76 Å². The molecule has 0 saturated carbocycles. The Balaban J connectivity index is 1.39. The highest BCUT2D eigenvalue weighted by Gasteiger charge is 2.13. The van der Waals surface area contributed by atoms with Crippen LogP contribution in [0.25, 0.3) is 5.69 Å². The van der Waals surface area contributed by atoms with Crippen LogP contribution >= 0.6 is 23.1 Å². The number of aromatic nitrogens is 6. The third kappa shape index (κ3) is 4.81. The van der Waals surface area contributed by atoms with E-state index in [0.29, 0.717) is 28.9 Å². The third-order valence-corrected chi connectivity index (χ3v) is 6.91. The molecule has 4 aromatic rings. The molecule has 3 heterocycles. The van der Waals surface area contributed by atoms with E-state index in [1.165, 1.54) is 41.5 Å². The summed E-state index contributed by atoms with van der Waals surface area (Å²) in [4.78, 5) is 0.244. The summed E-state index contributed by atoms with van der Waals surface area (Å²) in [6, 6.07) is 10.1. The van der Waals surface area contributed by atoms with Gasteiger partial charge in [-0.15, -0.1) is 15.3 Å². The maximum absolute atomic E-state index is 11.6. The van der Waals surface area contributed by atoms with E-state index in [4.69, 9.17) is 4.42 Å². The van der Waals surface area contributed by atoms with Gasteiger partial charge in [-0.3, -0.25) is 0 Å². The highest BCUT2D eigenvalue weighted by molar-refractivity contribution is 8.00. The predicted molar refractivity (Wildman–Crippen MR) is 108 cm³/mol. The van der Waals surface area contributed by atoms with Gasteiger partial charge in [-0.25, -0.2) is 8.42 Å². The van der Waals surface area contributed by atoms with Gasteiger partial charge in [0.2, 0.25) is 5.13 Å². The molecule has 0 bridgehead atoms. The summed E-state index contributed by atoms with van der Waals surface area (Å²) in [5, 5.41) is 23.9. The first kappa shape index (κ1) is 19.5. The summed E-state index contributed by atoms with van der Waals surface area (Å²) in [5.74, 6) is 1.91. The van der Waals surface area contributed by atoms with Crippen LogP contribution in [-0.2, 0) is 22.1 Å². The van der Waals surface area contributed by atoms with Crippen molar-refractivity contribution in [1.29, 1.82) is 0 Å². The second-order valence-corrected chi connectivity index (χ2v) is 10.1. The minimum atomic E-state index is -3.25. The van der Waals surface area contributed by atoms with Crippen LogP contribution in [0.2, 0.25) is 0 Å². The Kier molecular flexibility index (Phi) is 5.60. The van der Waals surface area contributed by atoms with Crippen LogP contribution in [0.1, 0.15) is 11.6 Å². The summed E-state index contributed by atoms with van der Waals surface area (Å²) in [6.45, 7) is 0.536. The molecule has 1 N–H and O–H groups in total. The van der Waals surface area contributed by atoms with Crippen molar-refractivity contribution in [2.45, 2.75) is 21.5 Å². The third-order valence-electron chi connectivity index (χ3n) is 3.77. The zero-order chi connectivity index (χ0) is 20.3. The van der Waals surface area contributed by atoms with E-state index in [-0.39, 0.29) is 4.90 Å². The lowest BCUT2D eigenvalue weighted by atomic mass is 10.3. The fourth-order valence-corrected chi connectivity index (χ4v) is 4.66. The molecule has 0 radical (unpaired) electrons. The fraction of sp³-hybridized carbons (Fsp3) is 0.188. The SMILES string of the molecule is CS(=O)(=O)c1ccc(-n2nnnc2CSc2nnc(NCc3ccco3)s2)cc1.